The van der Waals surface area contributed by atoms with Crippen LogP contribution < -0.4 is 0 Å². The van der Waals surface area contributed by atoms with E-state index < -0.39 is 5.41 Å². The SMILES string of the molecule is O=C(N1CCOCC1)C1(c2ccc(F)cc2)CCC1. The molecule has 1 amide bonds. The summed E-state index contributed by atoms with van der Waals surface area (Å²) in [5.41, 5.74) is 0.544. The van der Waals surface area contributed by atoms with Crippen LogP contribution in [-0.2, 0) is 14.9 Å². The number of rotatable bonds is 2. The van der Waals surface area contributed by atoms with E-state index in [1.807, 2.05) is 4.90 Å². The maximum Gasteiger partial charge on any atom is 0.233 e. The molecule has 0 spiro atoms. The second kappa shape index (κ2) is 4.93. The largest absolute Gasteiger partial charge is 0.378 e. The summed E-state index contributed by atoms with van der Waals surface area (Å²) in [6.07, 6.45) is 2.80. The summed E-state index contributed by atoms with van der Waals surface area (Å²) in [6.45, 7) is 2.57. The van der Waals surface area contributed by atoms with Crippen molar-refractivity contribution in [2.24, 2.45) is 0 Å². The highest BCUT2D eigenvalue weighted by Crippen LogP contribution is 2.45. The molecule has 3 rings (SSSR count). The Morgan fingerprint density at radius 1 is 1.16 bits per heavy atom. The number of hydrogen-bond acceptors (Lipinski definition) is 2. The minimum Gasteiger partial charge on any atom is -0.378 e. The quantitative estimate of drug-likeness (QED) is 0.818. The van der Waals surface area contributed by atoms with Gasteiger partial charge in [-0.25, -0.2) is 4.39 Å². The molecule has 102 valence electrons. The molecule has 1 aliphatic heterocycles. The van der Waals surface area contributed by atoms with E-state index >= 15 is 0 Å². The first-order valence-corrected chi connectivity index (χ1v) is 6.85. The van der Waals surface area contributed by atoms with Crippen LogP contribution in [-0.4, -0.2) is 37.1 Å². The van der Waals surface area contributed by atoms with Crippen molar-refractivity contribution in [1.29, 1.82) is 0 Å². The molecule has 4 heteroatoms. The van der Waals surface area contributed by atoms with Crippen LogP contribution in [0.25, 0.3) is 0 Å². The van der Waals surface area contributed by atoms with Crippen molar-refractivity contribution < 1.29 is 13.9 Å². The zero-order chi connectivity index (χ0) is 13.3. The van der Waals surface area contributed by atoms with Crippen LogP contribution in [0.15, 0.2) is 24.3 Å². The number of ether oxygens (including phenoxy) is 1. The molecule has 19 heavy (non-hydrogen) atoms. The van der Waals surface area contributed by atoms with Crippen LogP contribution in [0, 0.1) is 5.82 Å². The molecule has 0 bridgehead atoms. The fraction of sp³-hybridized carbons (Fsp3) is 0.533. The van der Waals surface area contributed by atoms with Crippen LogP contribution in [0.5, 0.6) is 0 Å². The van der Waals surface area contributed by atoms with Gasteiger partial charge in [0, 0.05) is 13.1 Å². The summed E-state index contributed by atoms with van der Waals surface area (Å²) in [7, 11) is 0. The highest BCUT2D eigenvalue weighted by Gasteiger charge is 2.47. The number of benzene rings is 1. The van der Waals surface area contributed by atoms with Crippen molar-refractivity contribution in [2.45, 2.75) is 24.7 Å². The van der Waals surface area contributed by atoms with E-state index in [2.05, 4.69) is 0 Å². The number of carbonyl (C=O) groups excluding carboxylic acids is 1. The highest BCUT2D eigenvalue weighted by atomic mass is 19.1. The molecule has 2 fully saturated rings. The number of carbonyl (C=O) groups is 1. The van der Waals surface area contributed by atoms with Crippen LogP contribution in [0.4, 0.5) is 4.39 Å². The van der Waals surface area contributed by atoms with Crippen LogP contribution in [0.1, 0.15) is 24.8 Å². The lowest BCUT2D eigenvalue weighted by Crippen LogP contribution is -2.54. The summed E-state index contributed by atoms with van der Waals surface area (Å²) in [6, 6.07) is 6.41. The number of hydrogen-bond donors (Lipinski definition) is 0. The van der Waals surface area contributed by atoms with Gasteiger partial charge in [0.2, 0.25) is 5.91 Å². The first kappa shape index (κ1) is 12.6. The third-order valence-electron chi connectivity index (χ3n) is 4.31. The van der Waals surface area contributed by atoms with Crippen molar-refractivity contribution in [2.75, 3.05) is 26.3 Å². The number of morpholine rings is 1. The van der Waals surface area contributed by atoms with Crippen molar-refractivity contribution in [1.82, 2.24) is 4.90 Å². The molecule has 1 aliphatic carbocycles. The Labute approximate surface area is 112 Å². The Balaban J connectivity index is 1.85. The topological polar surface area (TPSA) is 29.5 Å². The zero-order valence-corrected chi connectivity index (χ0v) is 10.9. The predicted octanol–water partition coefficient (Wildman–Crippen LogP) is 2.11. The molecule has 1 saturated carbocycles. The molecule has 0 radical (unpaired) electrons. The van der Waals surface area contributed by atoms with Gasteiger partial charge in [-0.1, -0.05) is 18.6 Å². The smallest absolute Gasteiger partial charge is 0.233 e. The highest BCUT2D eigenvalue weighted by molar-refractivity contribution is 5.89. The molecule has 0 atom stereocenters. The maximum absolute atomic E-state index is 13.0. The first-order valence-electron chi connectivity index (χ1n) is 6.85. The Kier molecular flexibility index (Phi) is 3.27. The fourth-order valence-electron chi connectivity index (χ4n) is 2.99. The van der Waals surface area contributed by atoms with Crippen molar-refractivity contribution in [3.8, 4) is 0 Å². The third kappa shape index (κ3) is 2.14. The van der Waals surface area contributed by atoms with Crippen molar-refractivity contribution in [3.05, 3.63) is 35.6 Å². The van der Waals surface area contributed by atoms with Crippen LogP contribution in [0.2, 0.25) is 0 Å². The van der Waals surface area contributed by atoms with Gasteiger partial charge < -0.3 is 9.64 Å². The molecule has 1 heterocycles. The molecular formula is C15H18FNO2. The maximum atomic E-state index is 13.0. The van der Waals surface area contributed by atoms with Gasteiger partial charge in [0.05, 0.1) is 18.6 Å². The second-order valence-electron chi connectivity index (χ2n) is 5.35. The van der Waals surface area contributed by atoms with Gasteiger partial charge in [-0.2, -0.15) is 0 Å². The van der Waals surface area contributed by atoms with E-state index in [1.54, 1.807) is 12.1 Å². The van der Waals surface area contributed by atoms with Crippen molar-refractivity contribution in [3.63, 3.8) is 0 Å². The molecule has 3 nitrogen and oxygen atoms in total. The predicted molar refractivity (Wildman–Crippen MR) is 69.3 cm³/mol. The third-order valence-corrected chi connectivity index (χ3v) is 4.31. The molecule has 0 unspecified atom stereocenters. The van der Waals surface area contributed by atoms with Gasteiger partial charge in [0.1, 0.15) is 5.82 Å². The number of halogens is 1. The molecule has 0 aromatic heterocycles. The summed E-state index contributed by atoms with van der Waals surface area (Å²) in [5, 5.41) is 0. The number of nitrogens with zero attached hydrogens (tertiary/aromatic N) is 1. The standard InChI is InChI=1S/C15H18FNO2/c16-13-4-2-12(3-5-13)15(6-1-7-15)14(18)17-8-10-19-11-9-17/h2-5H,1,6-11H2. The Morgan fingerprint density at radius 2 is 1.79 bits per heavy atom. The average Bonchev–Trinajstić information content (AvgIpc) is 2.40. The zero-order valence-electron chi connectivity index (χ0n) is 10.9. The second-order valence-corrected chi connectivity index (χ2v) is 5.35. The molecule has 1 aromatic carbocycles. The van der Waals surface area contributed by atoms with Gasteiger partial charge in [0.25, 0.3) is 0 Å². The van der Waals surface area contributed by atoms with Crippen LogP contribution in [0.3, 0.4) is 0 Å². The number of amides is 1. The Bertz CT molecular complexity index is 462. The lowest BCUT2D eigenvalue weighted by molar-refractivity contribution is -0.145. The normalized spacial score (nSPS) is 21.8. The van der Waals surface area contributed by atoms with Gasteiger partial charge in [-0.05, 0) is 30.5 Å². The van der Waals surface area contributed by atoms with E-state index in [9.17, 15) is 9.18 Å². The average molecular weight is 263 g/mol. The lowest BCUT2D eigenvalue weighted by Gasteiger charge is -2.44. The first-order chi connectivity index (χ1) is 9.22. The Morgan fingerprint density at radius 3 is 2.32 bits per heavy atom. The summed E-state index contributed by atoms with van der Waals surface area (Å²) < 4.78 is 18.3. The van der Waals surface area contributed by atoms with Gasteiger partial charge >= 0.3 is 0 Å². The van der Waals surface area contributed by atoms with Crippen molar-refractivity contribution >= 4 is 5.91 Å². The van der Waals surface area contributed by atoms with Gasteiger partial charge in [-0.3, -0.25) is 4.79 Å². The molecule has 1 aromatic rings. The molecule has 0 N–H and O–H groups in total. The fourth-order valence-corrected chi connectivity index (χ4v) is 2.99. The van der Waals surface area contributed by atoms with Crippen LogP contribution >= 0.6 is 0 Å². The van der Waals surface area contributed by atoms with E-state index in [-0.39, 0.29) is 11.7 Å². The minimum atomic E-state index is -0.412. The molecule has 1 saturated heterocycles. The van der Waals surface area contributed by atoms with E-state index in [1.165, 1.54) is 12.1 Å². The van der Waals surface area contributed by atoms with Gasteiger partial charge in [-0.15, -0.1) is 0 Å². The van der Waals surface area contributed by atoms with E-state index in [4.69, 9.17) is 4.74 Å². The minimum absolute atomic E-state index is 0.189. The Hall–Kier alpha value is -1.42. The monoisotopic (exact) mass is 263 g/mol. The summed E-state index contributed by atoms with van der Waals surface area (Å²) in [4.78, 5) is 14.7. The van der Waals surface area contributed by atoms with E-state index in [0.29, 0.717) is 26.3 Å². The summed E-state index contributed by atoms with van der Waals surface area (Å²) >= 11 is 0. The lowest BCUT2D eigenvalue weighted by atomic mass is 9.63. The molecule has 2 aliphatic rings. The molecular weight excluding hydrogens is 245 g/mol. The van der Waals surface area contributed by atoms with E-state index in [0.717, 1.165) is 24.8 Å². The van der Waals surface area contributed by atoms with Gasteiger partial charge in [0.15, 0.2) is 0 Å². The summed E-state index contributed by atoms with van der Waals surface area (Å²) in [5.74, 6) is -0.0642.